The Morgan fingerprint density at radius 2 is 2.26 bits per heavy atom. The average molecular weight is 374 g/mol. The Morgan fingerprint density at radius 3 is 2.89 bits per heavy atom. The van der Waals surface area contributed by atoms with E-state index >= 15 is 0 Å². The number of nitrogens with two attached hydrogens (primary N) is 1. The van der Waals surface area contributed by atoms with Crippen LogP contribution >= 0.6 is 22.6 Å². The highest BCUT2D eigenvalue weighted by Crippen LogP contribution is 2.26. The molecule has 1 fully saturated rings. The maximum absolute atomic E-state index is 12.6. The van der Waals surface area contributed by atoms with E-state index in [1.54, 1.807) is 18.2 Å². The predicted octanol–water partition coefficient (Wildman–Crippen LogP) is 2.34. The molecule has 2 unspecified atom stereocenters. The van der Waals surface area contributed by atoms with Gasteiger partial charge in [0.1, 0.15) is 5.75 Å². The number of carbonyl (C=O) groups is 1. The molecule has 4 nitrogen and oxygen atoms in total. The van der Waals surface area contributed by atoms with Gasteiger partial charge in [-0.1, -0.05) is 0 Å². The van der Waals surface area contributed by atoms with Gasteiger partial charge in [0.05, 0.1) is 3.57 Å². The summed E-state index contributed by atoms with van der Waals surface area (Å²) in [5.41, 5.74) is 6.31. The predicted molar refractivity (Wildman–Crippen MR) is 83.1 cm³/mol. The number of halogens is 1. The Balaban J connectivity index is 2.27. The van der Waals surface area contributed by atoms with Gasteiger partial charge in [-0.3, -0.25) is 4.79 Å². The SMILES string of the molecule is CC1CCCC(CN)N1C(=O)c1ccc(I)c(O)c1. The summed E-state index contributed by atoms with van der Waals surface area (Å²) in [6, 6.07) is 5.38. The first kappa shape index (κ1) is 14.6. The molecule has 0 aliphatic carbocycles. The van der Waals surface area contributed by atoms with Gasteiger partial charge in [0.25, 0.3) is 5.91 Å². The largest absolute Gasteiger partial charge is 0.507 e. The fourth-order valence-corrected chi connectivity index (χ4v) is 3.01. The van der Waals surface area contributed by atoms with E-state index in [9.17, 15) is 9.90 Å². The number of likely N-dealkylation sites (tertiary alicyclic amines) is 1. The van der Waals surface area contributed by atoms with Crippen LogP contribution in [0.4, 0.5) is 0 Å². The van der Waals surface area contributed by atoms with Crippen molar-refractivity contribution in [3.8, 4) is 5.75 Å². The molecule has 0 bridgehead atoms. The van der Waals surface area contributed by atoms with Crippen molar-refractivity contribution in [3.05, 3.63) is 27.3 Å². The lowest BCUT2D eigenvalue weighted by atomic mass is 9.95. The molecule has 104 valence electrons. The van der Waals surface area contributed by atoms with Gasteiger partial charge < -0.3 is 15.7 Å². The fourth-order valence-electron chi connectivity index (χ4n) is 2.68. The zero-order valence-electron chi connectivity index (χ0n) is 11.0. The summed E-state index contributed by atoms with van der Waals surface area (Å²) in [5, 5.41) is 9.73. The first-order chi connectivity index (χ1) is 9.04. The van der Waals surface area contributed by atoms with Crippen molar-refractivity contribution >= 4 is 28.5 Å². The third kappa shape index (κ3) is 3.02. The second-order valence-electron chi connectivity index (χ2n) is 5.05. The number of phenols is 1. The van der Waals surface area contributed by atoms with E-state index in [4.69, 9.17) is 5.73 Å². The summed E-state index contributed by atoms with van der Waals surface area (Å²) in [6.45, 7) is 2.55. The summed E-state index contributed by atoms with van der Waals surface area (Å²) in [5.74, 6) is 0.120. The second kappa shape index (κ2) is 6.09. The number of aromatic hydroxyl groups is 1. The van der Waals surface area contributed by atoms with E-state index in [2.05, 4.69) is 6.92 Å². The molecule has 2 rings (SSSR count). The molecule has 0 aromatic heterocycles. The van der Waals surface area contributed by atoms with Crippen LogP contribution in [-0.4, -0.2) is 34.5 Å². The van der Waals surface area contributed by atoms with Crippen LogP contribution in [-0.2, 0) is 0 Å². The third-order valence-corrected chi connectivity index (χ3v) is 4.64. The first-order valence-corrected chi connectivity index (χ1v) is 7.63. The van der Waals surface area contributed by atoms with E-state index in [0.29, 0.717) is 12.1 Å². The van der Waals surface area contributed by atoms with Crippen molar-refractivity contribution in [2.75, 3.05) is 6.54 Å². The molecule has 19 heavy (non-hydrogen) atoms. The minimum Gasteiger partial charge on any atom is -0.507 e. The Kier molecular flexibility index (Phi) is 4.67. The summed E-state index contributed by atoms with van der Waals surface area (Å²) in [6.07, 6.45) is 3.09. The highest BCUT2D eigenvalue weighted by atomic mass is 127. The van der Waals surface area contributed by atoms with Gasteiger partial charge in [-0.05, 0) is 67.0 Å². The Hall–Kier alpha value is -0.820. The molecule has 0 spiro atoms. The number of phenolic OH excluding ortho intramolecular Hbond substituents is 1. The van der Waals surface area contributed by atoms with Gasteiger partial charge in [0.15, 0.2) is 0 Å². The molecule has 1 heterocycles. The van der Waals surface area contributed by atoms with Crippen LogP contribution in [0, 0.1) is 3.57 Å². The van der Waals surface area contributed by atoms with Crippen molar-refractivity contribution in [3.63, 3.8) is 0 Å². The number of piperidine rings is 1. The summed E-state index contributed by atoms with van der Waals surface area (Å²) in [7, 11) is 0. The van der Waals surface area contributed by atoms with Gasteiger partial charge in [0.2, 0.25) is 0 Å². The summed E-state index contributed by atoms with van der Waals surface area (Å²) >= 11 is 2.04. The topological polar surface area (TPSA) is 66.6 Å². The van der Waals surface area contributed by atoms with Crippen molar-refractivity contribution in [2.45, 2.75) is 38.3 Å². The molecule has 0 radical (unpaired) electrons. The zero-order valence-corrected chi connectivity index (χ0v) is 13.1. The number of hydrogen-bond donors (Lipinski definition) is 2. The van der Waals surface area contributed by atoms with Crippen LogP contribution in [0.1, 0.15) is 36.5 Å². The smallest absolute Gasteiger partial charge is 0.254 e. The molecule has 1 aliphatic heterocycles. The first-order valence-electron chi connectivity index (χ1n) is 6.56. The van der Waals surface area contributed by atoms with E-state index in [-0.39, 0.29) is 23.7 Å². The Labute approximate surface area is 127 Å². The molecule has 3 N–H and O–H groups in total. The van der Waals surface area contributed by atoms with E-state index in [0.717, 1.165) is 22.8 Å². The minimum absolute atomic E-state index is 0.0330. The third-order valence-electron chi connectivity index (χ3n) is 3.73. The molecule has 1 aromatic rings. The van der Waals surface area contributed by atoms with E-state index < -0.39 is 0 Å². The van der Waals surface area contributed by atoms with Crippen molar-refractivity contribution < 1.29 is 9.90 Å². The lowest BCUT2D eigenvalue weighted by Crippen LogP contribution is -2.51. The monoisotopic (exact) mass is 374 g/mol. The van der Waals surface area contributed by atoms with Crippen LogP contribution in [0.15, 0.2) is 18.2 Å². The Bertz CT molecular complexity index is 479. The van der Waals surface area contributed by atoms with Gasteiger partial charge in [-0.25, -0.2) is 0 Å². The Morgan fingerprint density at radius 1 is 1.53 bits per heavy atom. The summed E-state index contributed by atoms with van der Waals surface area (Å²) < 4.78 is 0.746. The maximum atomic E-state index is 12.6. The number of hydrogen-bond acceptors (Lipinski definition) is 3. The van der Waals surface area contributed by atoms with Gasteiger partial charge in [-0.2, -0.15) is 0 Å². The summed E-state index contributed by atoms with van der Waals surface area (Å²) in [4.78, 5) is 14.5. The molecule has 5 heteroatoms. The highest BCUT2D eigenvalue weighted by Gasteiger charge is 2.31. The van der Waals surface area contributed by atoms with Crippen LogP contribution in [0.5, 0.6) is 5.75 Å². The lowest BCUT2D eigenvalue weighted by Gasteiger charge is -2.40. The van der Waals surface area contributed by atoms with Crippen LogP contribution in [0.2, 0.25) is 0 Å². The number of amides is 1. The highest BCUT2D eigenvalue weighted by molar-refractivity contribution is 14.1. The van der Waals surface area contributed by atoms with Crippen LogP contribution < -0.4 is 5.73 Å². The quantitative estimate of drug-likeness (QED) is 0.781. The molecule has 2 atom stereocenters. The zero-order chi connectivity index (χ0) is 14.0. The van der Waals surface area contributed by atoms with Crippen molar-refractivity contribution in [1.29, 1.82) is 0 Å². The molecule has 0 saturated carbocycles. The fraction of sp³-hybridized carbons (Fsp3) is 0.500. The van der Waals surface area contributed by atoms with Crippen LogP contribution in [0.25, 0.3) is 0 Å². The average Bonchev–Trinajstić information content (AvgIpc) is 2.40. The number of nitrogens with zero attached hydrogens (tertiary/aromatic N) is 1. The number of benzene rings is 1. The van der Waals surface area contributed by atoms with E-state index in [1.165, 1.54) is 0 Å². The number of carbonyl (C=O) groups excluding carboxylic acids is 1. The minimum atomic E-state index is -0.0330. The lowest BCUT2D eigenvalue weighted by molar-refractivity contribution is 0.0493. The number of rotatable bonds is 2. The molecule has 1 saturated heterocycles. The van der Waals surface area contributed by atoms with Gasteiger partial charge >= 0.3 is 0 Å². The van der Waals surface area contributed by atoms with Crippen LogP contribution in [0.3, 0.4) is 0 Å². The molecule has 1 aromatic carbocycles. The van der Waals surface area contributed by atoms with Gasteiger partial charge in [0, 0.05) is 24.2 Å². The van der Waals surface area contributed by atoms with Gasteiger partial charge in [-0.15, -0.1) is 0 Å². The normalized spacial score (nSPS) is 23.4. The van der Waals surface area contributed by atoms with E-state index in [1.807, 2.05) is 27.5 Å². The maximum Gasteiger partial charge on any atom is 0.254 e. The standard InChI is InChI=1S/C14H19IN2O2/c1-9-3-2-4-11(8-16)17(9)14(19)10-5-6-12(15)13(18)7-10/h5-7,9,11,18H,2-4,8,16H2,1H3. The molecular formula is C14H19IN2O2. The molecular weight excluding hydrogens is 355 g/mol. The second-order valence-corrected chi connectivity index (χ2v) is 6.21. The van der Waals surface area contributed by atoms with Crippen molar-refractivity contribution in [2.24, 2.45) is 5.73 Å². The molecule has 1 aliphatic rings. The van der Waals surface area contributed by atoms with Crippen molar-refractivity contribution in [1.82, 2.24) is 4.90 Å². The molecule has 1 amide bonds.